The van der Waals surface area contributed by atoms with Gasteiger partial charge in [-0.2, -0.15) is 0 Å². The number of urea groups is 1. The Morgan fingerprint density at radius 1 is 1.25 bits per heavy atom. The summed E-state index contributed by atoms with van der Waals surface area (Å²) in [6.07, 6.45) is 2.53. The molecule has 1 aromatic heterocycles. The first-order valence-corrected chi connectivity index (χ1v) is 9.80. The summed E-state index contributed by atoms with van der Waals surface area (Å²) >= 11 is 0. The van der Waals surface area contributed by atoms with Crippen molar-refractivity contribution in [2.45, 2.75) is 64.1 Å². The first-order valence-electron chi connectivity index (χ1n) is 9.80. The van der Waals surface area contributed by atoms with E-state index in [1.165, 1.54) is 0 Å². The number of hydroxylamine groups is 2. The highest BCUT2D eigenvalue weighted by molar-refractivity contribution is 5.76. The van der Waals surface area contributed by atoms with Crippen LogP contribution < -0.4 is 0 Å². The second-order valence-corrected chi connectivity index (χ2v) is 8.85. The molecular weight excluding hydrogens is 366 g/mol. The van der Waals surface area contributed by atoms with Crippen molar-refractivity contribution < 1.29 is 24.0 Å². The number of aromatic nitrogens is 2. The third-order valence-electron chi connectivity index (χ3n) is 5.51. The van der Waals surface area contributed by atoms with Crippen LogP contribution in [0.1, 0.15) is 57.9 Å². The molecule has 3 amide bonds. The van der Waals surface area contributed by atoms with Gasteiger partial charge < -0.3 is 19.0 Å². The predicted octanol–water partition coefficient (Wildman–Crippen LogP) is 2.20. The summed E-state index contributed by atoms with van der Waals surface area (Å²) < 4.78 is 11.3. The van der Waals surface area contributed by atoms with E-state index in [4.69, 9.17) is 9.15 Å². The SMILES string of the molecule is CC(C)(C)OC(=O)N1CCC(Cc2nnc([C@@H]3CC[C@H]4CN3C(=O)N4O)o2)C1. The minimum absolute atomic E-state index is 0.150. The van der Waals surface area contributed by atoms with Crippen LogP contribution in [-0.2, 0) is 11.2 Å². The Bertz CT molecular complexity index is 760. The van der Waals surface area contributed by atoms with Gasteiger partial charge in [0.1, 0.15) is 11.6 Å². The van der Waals surface area contributed by atoms with Crippen molar-refractivity contribution in [3.8, 4) is 0 Å². The van der Waals surface area contributed by atoms with Crippen LogP contribution in [-0.4, -0.2) is 73.7 Å². The molecule has 10 nitrogen and oxygen atoms in total. The molecule has 3 aliphatic rings. The minimum Gasteiger partial charge on any atom is -0.444 e. The van der Waals surface area contributed by atoms with Crippen LogP contribution in [0.3, 0.4) is 0 Å². The number of hydrogen-bond donors (Lipinski definition) is 1. The number of carbonyl (C=O) groups is 2. The predicted molar refractivity (Wildman–Crippen MR) is 95.4 cm³/mol. The summed E-state index contributed by atoms with van der Waals surface area (Å²) in [5.41, 5.74) is -0.507. The molecule has 2 bridgehead atoms. The van der Waals surface area contributed by atoms with Crippen LogP contribution >= 0.6 is 0 Å². The van der Waals surface area contributed by atoms with Crippen LogP contribution in [0, 0.1) is 5.92 Å². The highest BCUT2D eigenvalue weighted by atomic mass is 16.6. The van der Waals surface area contributed by atoms with E-state index in [9.17, 15) is 14.8 Å². The van der Waals surface area contributed by atoms with Gasteiger partial charge in [-0.15, -0.1) is 10.2 Å². The molecule has 0 spiro atoms. The van der Waals surface area contributed by atoms with Crippen molar-refractivity contribution in [2.75, 3.05) is 19.6 Å². The highest BCUT2D eigenvalue weighted by Crippen LogP contribution is 2.37. The van der Waals surface area contributed by atoms with Crippen molar-refractivity contribution in [1.82, 2.24) is 25.1 Å². The molecule has 4 heterocycles. The quantitative estimate of drug-likeness (QED) is 0.783. The van der Waals surface area contributed by atoms with Gasteiger partial charge in [-0.1, -0.05) is 0 Å². The molecule has 154 valence electrons. The van der Waals surface area contributed by atoms with E-state index in [-0.39, 0.29) is 24.1 Å². The molecule has 3 saturated heterocycles. The molecule has 3 fully saturated rings. The first kappa shape index (κ1) is 19.0. The largest absolute Gasteiger partial charge is 0.444 e. The molecule has 0 saturated carbocycles. The third kappa shape index (κ3) is 3.65. The van der Waals surface area contributed by atoms with Crippen molar-refractivity contribution in [3.63, 3.8) is 0 Å². The van der Waals surface area contributed by atoms with Gasteiger partial charge >= 0.3 is 12.1 Å². The average Bonchev–Trinajstić information content (AvgIpc) is 3.32. The molecule has 3 atom stereocenters. The maximum absolute atomic E-state index is 12.2. The zero-order chi connectivity index (χ0) is 20.1. The number of piperidine rings is 1. The third-order valence-corrected chi connectivity index (χ3v) is 5.51. The van der Waals surface area contributed by atoms with Crippen LogP contribution in [0.4, 0.5) is 9.59 Å². The Kier molecular flexibility index (Phi) is 4.68. The molecule has 0 radical (unpaired) electrons. The van der Waals surface area contributed by atoms with E-state index < -0.39 is 11.6 Å². The van der Waals surface area contributed by atoms with Crippen molar-refractivity contribution in [1.29, 1.82) is 0 Å². The van der Waals surface area contributed by atoms with Crippen molar-refractivity contribution >= 4 is 12.1 Å². The van der Waals surface area contributed by atoms with Gasteiger partial charge in [0.25, 0.3) is 0 Å². The molecule has 4 rings (SSSR count). The molecule has 0 aliphatic carbocycles. The number of nitrogens with zero attached hydrogens (tertiary/aromatic N) is 5. The summed E-state index contributed by atoms with van der Waals surface area (Å²) in [6.45, 7) is 7.29. The summed E-state index contributed by atoms with van der Waals surface area (Å²) in [6, 6.07) is -0.844. The molecule has 1 unspecified atom stereocenters. The fraction of sp³-hybridized carbons (Fsp3) is 0.778. The lowest BCUT2D eigenvalue weighted by Crippen LogP contribution is -2.35. The lowest BCUT2D eigenvalue weighted by atomic mass is 10.0. The van der Waals surface area contributed by atoms with Crippen LogP contribution in [0.2, 0.25) is 0 Å². The van der Waals surface area contributed by atoms with Crippen molar-refractivity contribution in [3.05, 3.63) is 11.8 Å². The molecule has 28 heavy (non-hydrogen) atoms. The lowest BCUT2D eigenvalue weighted by Gasteiger charge is -2.27. The Balaban J connectivity index is 1.35. The molecule has 10 heteroatoms. The van der Waals surface area contributed by atoms with Gasteiger partial charge in [0.2, 0.25) is 11.8 Å². The number of hydrogen-bond acceptors (Lipinski definition) is 7. The molecule has 3 aliphatic heterocycles. The Hall–Kier alpha value is -2.36. The normalized spacial score (nSPS) is 27.6. The van der Waals surface area contributed by atoms with E-state index in [1.54, 1.807) is 9.80 Å². The molecule has 1 aromatic rings. The van der Waals surface area contributed by atoms with Crippen LogP contribution in [0.15, 0.2) is 4.42 Å². The summed E-state index contributed by atoms with van der Waals surface area (Å²) in [4.78, 5) is 27.6. The zero-order valence-electron chi connectivity index (χ0n) is 16.5. The van der Waals surface area contributed by atoms with E-state index in [0.29, 0.717) is 50.7 Å². The van der Waals surface area contributed by atoms with Crippen LogP contribution in [0.5, 0.6) is 0 Å². The van der Waals surface area contributed by atoms with Crippen LogP contribution in [0.25, 0.3) is 0 Å². The maximum atomic E-state index is 12.2. The fourth-order valence-electron chi connectivity index (χ4n) is 4.13. The van der Waals surface area contributed by atoms with Gasteiger partial charge in [0.15, 0.2) is 0 Å². The van der Waals surface area contributed by atoms with E-state index in [1.807, 2.05) is 20.8 Å². The van der Waals surface area contributed by atoms with Gasteiger partial charge in [0, 0.05) is 26.1 Å². The average molecular weight is 393 g/mol. The topological polar surface area (TPSA) is 112 Å². The monoisotopic (exact) mass is 393 g/mol. The highest BCUT2D eigenvalue weighted by Gasteiger charge is 2.46. The van der Waals surface area contributed by atoms with Gasteiger partial charge in [-0.25, -0.2) is 14.7 Å². The fourth-order valence-corrected chi connectivity index (χ4v) is 4.13. The Morgan fingerprint density at radius 2 is 2.04 bits per heavy atom. The summed E-state index contributed by atoms with van der Waals surface area (Å²) in [5.74, 6) is 1.16. The van der Waals surface area contributed by atoms with E-state index >= 15 is 0 Å². The summed E-state index contributed by atoms with van der Waals surface area (Å²) in [5, 5.41) is 18.9. The number of amides is 3. The number of likely N-dealkylation sites (tertiary alicyclic amines) is 1. The van der Waals surface area contributed by atoms with Crippen molar-refractivity contribution in [2.24, 2.45) is 5.92 Å². The van der Waals surface area contributed by atoms with Gasteiger partial charge in [-0.05, 0) is 46.0 Å². The smallest absolute Gasteiger partial charge is 0.410 e. The van der Waals surface area contributed by atoms with Gasteiger partial charge in [0.05, 0.1) is 6.04 Å². The second-order valence-electron chi connectivity index (χ2n) is 8.85. The first-order chi connectivity index (χ1) is 13.2. The second kappa shape index (κ2) is 6.91. The zero-order valence-corrected chi connectivity index (χ0v) is 16.5. The molecule has 0 aromatic carbocycles. The number of rotatable bonds is 3. The molecule has 1 N–H and O–H groups in total. The number of ether oxygens (including phenoxy) is 1. The van der Waals surface area contributed by atoms with E-state index in [2.05, 4.69) is 10.2 Å². The lowest BCUT2D eigenvalue weighted by molar-refractivity contribution is -0.0584. The number of fused-ring (bicyclic) bond motifs is 2. The summed E-state index contributed by atoms with van der Waals surface area (Å²) in [7, 11) is 0. The molecular formula is C18H27N5O5. The standard InChI is InChI=1S/C18H27N5O5/c1-18(2,3)28-17(25)21-7-6-11(9-21)8-14-19-20-15(27-14)13-5-4-12-10-22(13)16(24)23(12)26/h11-13,26H,4-10H2,1-3H3/t11?,12-,13-/m0/s1. The number of carbonyl (C=O) groups excluding carboxylic acids is 2. The van der Waals surface area contributed by atoms with E-state index in [0.717, 1.165) is 11.5 Å². The Labute approximate surface area is 163 Å². The van der Waals surface area contributed by atoms with Gasteiger partial charge in [-0.3, -0.25) is 5.21 Å². The Morgan fingerprint density at radius 3 is 2.79 bits per heavy atom. The minimum atomic E-state index is -0.507. The maximum Gasteiger partial charge on any atom is 0.410 e.